The second kappa shape index (κ2) is 7.08. The van der Waals surface area contributed by atoms with Crippen LogP contribution in [0.3, 0.4) is 0 Å². The first-order chi connectivity index (χ1) is 11.1. The van der Waals surface area contributed by atoms with E-state index < -0.39 is 0 Å². The number of carbonyl (C=O) groups excluding carboxylic acids is 1. The fourth-order valence-corrected chi connectivity index (χ4v) is 3.28. The lowest BCUT2D eigenvalue weighted by Gasteiger charge is -2.07. The normalized spacial score (nSPS) is 10.5. The average Bonchev–Trinajstić information content (AvgIpc) is 3.05. The van der Waals surface area contributed by atoms with Crippen molar-refractivity contribution in [2.24, 2.45) is 0 Å². The molecule has 0 spiro atoms. The van der Waals surface area contributed by atoms with Crippen LogP contribution in [0.5, 0.6) is 0 Å². The Morgan fingerprint density at radius 1 is 1.17 bits per heavy atom. The van der Waals surface area contributed by atoms with Gasteiger partial charge in [0.25, 0.3) is 5.91 Å². The molecule has 1 N–H and O–H groups in total. The van der Waals surface area contributed by atoms with Gasteiger partial charge in [-0.05, 0) is 24.3 Å². The number of nitrogens with one attached hydrogen (secondary N) is 1. The molecule has 3 rings (SSSR count). The molecule has 0 aliphatic heterocycles. The lowest BCUT2D eigenvalue weighted by atomic mass is 10.2. The number of nitrogens with zero attached hydrogens (tertiary/aromatic N) is 2. The summed E-state index contributed by atoms with van der Waals surface area (Å²) in [6.45, 7) is 0.247. The predicted molar refractivity (Wildman–Crippen MR) is 93.0 cm³/mol. The molecule has 2 heterocycles. The molecule has 0 radical (unpaired) electrons. The average molecular weight is 364 g/mol. The third-order valence-corrected chi connectivity index (χ3v) is 4.73. The number of halogens is 2. The molecule has 0 aliphatic rings. The van der Waals surface area contributed by atoms with Crippen molar-refractivity contribution in [3.63, 3.8) is 0 Å². The fourth-order valence-electron chi connectivity index (χ4n) is 1.96. The van der Waals surface area contributed by atoms with Gasteiger partial charge >= 0.3 is 0 Å². The topological polar surface area (TPSA) is 54.9 Å². The summed E-state index contributed by atoms with van der Waals surface area (Å²) in [6.07, 6.45) is 3.40. The third kappa shape index (κ3) is 3.69. The van der Waals surface area contributed by atoms with E-state index in [-0.39, 0.29) is 12.5 Å². The van der Waals surface area contributed by atoms with Gasteiger partial charge in [0.2, 0.25) is 0 Å². The maximum atomic E-state index is 12.2. The van der Waals surface area contributed by atoms with Crippen LogP contribution in [0.2, 0.25) is 10.0 Å². The number of pyridine rings is 1. The molecule has 0 aliphatic carbocycles. The first-order valence-corrected chi connectivity index (χ1v) is 8.35. The molecule has 3 aromatic rings. The van der Waals surface area contributed by atoms with Crippen molar-refractivity contribution in [2.75, 3.05) is 0 Å². The second-order valence-corrected chi connectivity index (χ2v) is 6.33. The highest BCUT2D eigenvalue weighted by atomic mass is 35.5. The number of aromatic nitrogens is 2. The van der Waals surface area contributed by atoms with Crippen molar-refractivity contribution in [2.45, 2.75) is 6.54 Å². The SMILES string of the molecule is O=C(NCc1c(Cl)cccc1Cl)c1csc(-c2cccnc2)n1. The van der Waals surface area contributed by atoms with Crippen LogP contribution < -0.4 is 5.32 Å². The summed E-state index contributed by atoms with van der Waals surface area (Å²) in [5.74, 6) is -0.271. The maximum Gasteiger partial charge on any atom is 0.271 e. The van der Waals surface area contributed by atoms with Crippen LogP contribution in [0, 0.1) is 0 Å². The largest absolute Gasteiger partial charge is 0.346 e. The Morgan fingerprint density at radius 2 is 1.96 bits per heavy atom. The molecule has 7 heteroatoms. The van der Waals surface area contributed by atoms with Gasteiger partial charge in [-0.2, -0.15) is 0 Å². The van der Waals surface area contributed by atoms with Crippen LogP contribution in [-0.4, -0.2) is 15.9 Å². The highest BCUT2D eigenvalue weighted by Gasteiger charge is 2.13. The minimum atomic E-state index is -0.271. The van der Waals surface area contributed by atoms with Crippen LogP contribution in [0.15, 0.2) is 48.1 Å². The third-order valence-electron chi connectivity index (χ3n) is 3.13. The highest BCUT2D eigenvalue weighted by molar-refractivity contribution is 7.13. The number of rotatable bonds is 4. The summed E-state index contributed by atoms with van der Waals surface area (Å²) in [7, 11) is 0. The smallest absolute Gasteiger partial charge is 0.271 e. The van der Waals surface area contributed by atoms with Crippen molar-refractivity contribution >= 4 is 40.4 Å². The maximum absolute atomic E-state index is 12.2. The van der Waals surface area contributed by atoms with Gasteiger partial charge in [0.15, 0.2) is 0 Å². The monoisotopic (exact) mass is 363 g/mol. The minimum Gasteiger partial charge on any atom is -0.346 e. The molecule has 0 unspecified atom stereocenters. The zero-order valence-corrected chi connectivity index (χ0v) is 14.1. The van der Waals surface area contributed by atoms with Crippen LogP contribution in [0.4, 0.5) is 0 Å². The molecule has 1 amide bonds. The Kier molecular flexibility index (Phi) is 4.91. The van der Waals surface area contributed by atoms with Crippen LogP contribution in [-0.2, 0) is 6.54 Å². The molecule has 2 aromatic heterocycles. The Hall–Kier alpha value is -1.95. The molecule has 23 heavy (non-hydrogen) atoms. The van der Waals surface area contributed by atoms with Gasteiger partial charge < -0.3 is 5.32 Å². The van der Waals surface area contributed by atoms with Gasteiger partial charge in [-0.25, -0.2) is 4.98 Å². The Balaban J connectivity index is 1.71. The van der Waals surface area contributed by atoms with E-state index >= 15 is 0 Å². The number of hydrogen-bond acceptors (Lipinski definition) is 4. The van der Waals surface area contributed by atoms with Gasteiger partial charge in [-0.1, -0.05) is 29.3 Å². The van der Waals surface area contributed by atoms with E-state index in [1.165, 1.54) is 11.3 Å². The molecule has 1 aromatic carbocycles. The van der Waals surface area contributed by atoms with E-state index in [0.29, 0.717) is 21.3 Å². The number of amides is 1. The number of thiazole rings is 1. The van der Waals surface area contributed by atoms with E-state index in [4.69, 9.17) is 23.2 Å². The van der Waals surface area contributed by atoms with E-state index in [0.717, 1.165) is 10.6 Å². The Morgan fingerprint density at radius 3 is 2.65 bits per heavy atom. The molecule has 0 saturated heterocycles. The van der Waals surface area contributed by atoms with E-state index in [2.05, 4.69) is 15.3 Å². The van der Waals surface area contributed by atoms with Crippen LogP contribution >= 0.6 is 34.5 Å². The molecule has 116 valence electrons. The first kappa shape index (κ1) is 15.9. The highest BCUT2D eigenvalue weighted by Crippen LogP contribution is 2.25. The molecule has 0 bridgehead atoms. The second-order valence-electron chi connectivity index (χ2n) is 4.66. The molecule has 0 saturated carbocycles. The van der Waals surface area contributed by atoms with E-state index in [1.807, 2.05) is 12.1 Å². The Labute approximate surface area is 147 Å². The predicted octanol–water partition coefficient (Wildman–Crippen LogP) is 4.44. The lowest BCUT2D eigenvalue weighted by molar-refractivity contribution is 0.0946. The minimum absolute atomic E-state index is 0.247. The molecule has 4 nitrogen and oxygen atoms in total. The fraction of sp³-hybridized carbons (Fsp3) is 0.0625. The standard InChI is InChI=1S/C16H11Cl2N3OS/c17-12-4-1-5-13(18)11(12)8-20-15(22)14-9-23-16(21-14)10-3-2-6-19-7-10/h1-7,9H,8H2,(H,20,22). The zero-order chi connectivity index (χ0) is 16.2. The molecule has 0 fully saturated rings. The summed E-state index contributed by atoms with van der Waals surface area (Å²) in [6, 6.07) is 8.96. The summed E-state index contributed by atoms with van der Waals surface area (Å²) >= 11 is 13.6. The summed E-state index contributed by atoms with van der Waals surface area (Å²) in [5.41, 5.74) is 1.93. The van der Waals surface area contributed by atoms with Gasteiger partial charge in [-0.3, -0.25) is 9.78 Å². The number of hydrogen-bond donors (Lipinski definition) is 1. The van der Waals surface area contributed by atoms with Gasteiger partial charge in [0.05, 0.1) is 0 Å². The van der Waals surface area contributed by atoms with Gasteiger partial charge in [0, 0.05) is 45.5 Å². The quantitative estimate of drug-likeness (QED) is 0.745. The van der Waals surface area contributed by atoms with Crippen molar-refractivity contribution < 1.29 is 4.79 Å². The zero-order valence-electron chi connectivity index (χ0n) is 11.8. The summed E-state index contributed by atoms with van der Waals surface area (Å²) in [4.78, 5) is 20.6. The number of benzene rings is 1. The van der Waals surface area contributed by atoms with Crippen LogP contribution in [0.1, 0.15) is 16.1 Å². The lowest BCUT2D eigenvalue weighted by Crippen LogP contribution is -2.23. The van der Waals surface area contributed by atoms with Gasteiger partial charge in [0.1, 0.15) is 10.7 Å². The molecular weight excluding hydrogens is 353 g/mol. The van der Waals surface area contributed by atoms with Crippen LogP contribution in [0.25, 0.3) is 10.6 Å². The molecular formula is C16H11Cl2N3OS. The van der Waals surface area contributed by atoms with Gasteiger partial charge in [-0.15, -0.1) is 11.3 Å². The van der Waals surface area contributed by atoms with Crippen molar-refractivity contribution in [3.05, 3.63) is 69.4 Å². The Bertz CT molecular complexity index is 816. The van der Waals surface area contributed by atoms with Crippen molar-refractivity contribution in [1.29, 1.82) is 0 Å². The van der Waals surface area contributed by atoms with E-state index in [1.54, 1.807) is 36.0 Å². The van der Waals surface area contributed by atoms with Crippen molar-refractivity contribution in [1.82, 2.24) is 15.3 Å². The van der Waals surface area contributed by atoms with Crippen molar-refractivity contribution in [3.8, 4) is 10.6 Å². The summed E-state index contributed by atoms with van der Waals surface area (Å²) < 4.78 is 0. The summed E-state index contributed by atoms with van der Waals surface area (Å²) in [5, 5.41) is 6.29. The number of carbonyl (C=O) groups is 1. The molecule has 0 atom stereocenters. The first-order valence-electron chi connectivity index (χ1n) is 6.72. The van der Waals surface area contributed by atoms with E-state index in [9.17, 15) is 4.79 Å².